The Morgan fingerprint density at radius 2 is 2.00 bits per heavy atom. The van der Waals surface area contributed by atoms with E-state index >= 15 is 0 Å². The predicted molar refractivity (Wildman–Crippen MR) is 78.1 cm³/mol. The van der Waals surface area contributed by atoms with Crippen molar-refractivity contribution in [1.29, 1.82) is 0 Å². The van der Waals surface area contributed by atoms with Gasteiger partial charge in [-0.3, -0.25) is 5.10 Å². The molecule has 0 amide bonds. The van der Waals surface area contributed by atoms with E-state index < -0.39 is 10.0 Å². The van der Waals surface area contributed by atoms with E-state index in [1.54, 1.807) is 13.8 Å². The average Bonchev–Trinajstić information content (AvgIpc) is 2.99. The van der Waals surface area contributed by atoms with Gasteiger partial charge in [-0.15, -0.1) is 0 Å². The van der Waals surface area contributed by atoms with Crippen LogP contribution in [0.15, 0.2) is 4.90 Å². The van der Waals surface area contributed by atoms with Crippen molar-refractivity contribution in [2.24, 2.45) is 0 Å². The Labute approximate surface area is 121 Å². The van der Waals surface area contributed by atoms with Gasteiger partial charge < -0.3 is 4.90 Å². The van der Waals surface area contributed by atoms with Crippen LogP contribution in [-0.4, -0.2) is 49.7 Å². The van der Waals surface area contributed by atoms with Crippen LogP contribution >= 0.6 is 0 Å². The first-order valence-corrected chi connectivity index (χ1v) is 8.61. The van der Waals surface area contributed by atoms with Gasteiger partial charge in [-0.2, -0.15) is 5.10 Å². The van der Waals surface area contributed by atoms with Crippen LogP contribution in [0.5, 0.6) is 0 Å². The zero-order valence-corrected chi connectivity index (χ0v) is 13.3. The fourth-order valence-corrected chi connectivity index (χ4v) is 4.28. The second-order valence-electron chi connectivity index (χ2n) is 5.58. The number of rotatable bonds is 6. The van der Waals surface area contributed by atoms with E-state index in [-0.39, 0.29) is 4.90 Å². The Hall–Kier alpha value is -0.920. The third-order valence-electron chi connectivity index (χ3n) is 4.03. The van der Waals surface area contributed by atoms with Crippen molar-refractivity contribution in [3.8, 4) is 0 Å². The Kier molecular flexibility index (Phi) is 4.82. The highest BCUT2D eigenvalue weighted by atomic mass is 32.2. The van der Waals surface area contributed by atoms with Gasteiger partial charge in [0.05, 0.1) is 11.4 Å². The summed E-state index contributed by atoms with van der Waals surface area (Å²) in [6, 6.07) is 0.608. The Balaban J connectivity index is 1.90. The summed E-state index contributed by atoms with van der Waals surface area (Å²) in [4.78, 5) is 2.53. The lowest BCUT2D eigenvalue weighted by Gasteiger charge is -2.23. The maximum absolute atomic E-state index is 12.2. The van der Waals surface area contributed by atoms with E-state index in [9.17, 15) is 8.42 Å². The number of likely N-dealkylation sites (N-methyl/N-ethyl adjacent to an activating group) is 1. The predicted octanol–water partition coefficient (Wildman–Crippen LogP) is 1.18. The molecule has 6 nitrogen and oxygen atoms in total. The molecular weight excluding hydrogens is 276 g/mol. The molecule has 0 radical (unpaired) electrons. The number of hydrogen-bond donors (Lipinski definition) is 2. The lowest BCUT2D eigenvalue weighted by atomic mass is 10.2. The van der Waals surface area contributed by atoms with Crippen LogP contribution in [0.3, 0.4) is 0 Å². The first-order valence-electron chi connectivity index (χ1n) is 7.13. The van der Waals surface area contributed by atoms with Crippen LogP contribution in [0.1, 0.15) is 37.1 Å². The first-order chi connectivity index (χ1) is 9.42. The number of H-pyrrole nitrogens is 1. The third kappa shape index (κ3) is 3.39. The molecule has 2 N–H and O–H groups in total. The number of aryl methyl sites for hydroxylation is 2. The molecule has 20 heavy (non-hydrogen) atoms. The summed E-state index contributed by atoms with van der Waals surface area (Å²) in [6.45, 7) is 4.58. The molecule has 1 fully saturated rings. The summed E-state index contributed by atoms with van der Waals surface area (Å²) < 4.78 is 27.2. The van der Waals surface area contributed by atoms with Gasteiger partial charge in [-0.1, -0.05) is 12.8 Å². The number of aromatic nitrogens is 2. The molecule has 2 rings (SSSR count). The van der Waals surface area contributed by atoms with Crippen molar-refractivity contribution in [2.75, 3.05) is 20.1 Å². The van der Waals surface area contributed by atoms with E-state index in [2.05, 4.69) is 26.9 Å². The molecule has 0 bridgehead atoms. The van der Waals surface area contributed by atoms with Crippen molar-refractivity contribution in [3.63, 3.8) is 0 Å². The van der Waals surface area contributed by atoms with Gasteiger partial charge in [-0.05, 0) is 33.7 Å². The van der Waals surface area contributed by atoms with Crippen LogP contribution in [0.4, 0.5) is 0 Å². The zero-order chi connectivity index (χ0) is 14.8. The lowest BCUT2D eigenvalue weighted by molar-refractivity contribution is 0.250. The summed E-state index contributed by atoms with van der Waals surface area (Å²) in [5.74, 6) is 0. The lowest BCUT2D eigenvalue weighted by Crippen LogP contribution is -2.37. The number of sulfonamides is 1. The van der Waals surface area contributed by atoms with E-state index in [0.29, 0.717) is 24.0 Å². The van der Waals surface area contributed by atoms with E-state index in [1.807, 2.05) is 0 Å². The van der Waals surface area contributed by atoms with E-state index in [0.717, 1.165) is 6.54 Å². The van der Waals surface area contributed by atoms with Gasteiger partial charge >= 0.3 is 0 Å². The second kappa shape index (κ2) is 6.24. The summed E-state index contributed by atoms with van der Waals surface area (Å²) in [7, 11) is -1.40. The summed E-state index contributed by atoms with van der Waals surface area (Å²) in [5.41, 5.74) is 1.10. The molecule has 1 heterocycles. The Bertz CT molecular complexity index is 527. The van der Waals surface area contributed by atoms with Gasteiger partial charge in [0, 0.05) is 19.1 Å². The molecule has 0 aromatic carbocycles. The third-order valence-corrected chi connectivity index (χ3v) is 5.76. The second-order valence-corrected chi connectivity index (χ2v) is 7.28. The number of aromatic amines is 1. The highest BCUT2D eigenvalue weighted by Gasteiger charge is 2.23. The largest absolute Gasteiger partial charge is 0.302 e. The molecule has 1 aliphatic rings. The van der Waals surface area contributed by atoms with Crippen LogP contribution in [0.2, 0.25) is 0 Å². The smallest absolute Gasteiger partial charge is 0.244 e. The SMILES string of the molecule is Cc1n[nH]c(C)c1S(=O)(=O)NCCN(C)C1CCCC1. The highest BCUT2D eigenvalue weighted by molar-refractivity contribution is 7.89. The quantitative estimate of drug-likeness (QED) is 0.827. The normalized spacial score (nSPS) is 17.2. The van der Waals surface area contributed by atoms with Crippen LogP contribution in [-0.2, 0) is 10.0 Å². The van der Waals surface area contributed by atoms with Crippen LogP contribution in [0, 0.1) is 13.8 Å². The van der Waals surface area contributed by atoms with Gasteiger partial charge in [0.2, 0.25) is 10.0 Å². The minimum Gasteiger partial charge on any atom is -0.302 e. The molecule has 1 aromatic rings. The van der Waals surface area contributed by atoms with Gasteiger partial charge in [0.25, 0.3) is 0 Å². The Morgan fingerprint density at radius 3 is 2.55 bits per heavy atom. The van der Waals surface area contributed by atoms with Crippen LogP contribution < -0.4 is 4.72 Å². The fourth-order valence-electron chi connectivity index (χ4n) is 2.89. The molecule has 0 aliphatic heterocycles. The molecular formula is C13H24N4O2S. The number of nitrogens with zero attached hydrogens (tertiary/aromatic N) is 2. The molecule has 1 saturated carbocycles. The van der Waals surface area contributed by atoms with Crippen molar-refractivity contribution in [1.82, 2.24) is 19.8 Å². The number of hydrogen-bond acceptors (Lipinski definition) is 4. The van der Waals surface area contributed by atoms with Crippen LogP contribution in [0.25, 0.3) is 0 Å². The average molecular weight is 300 g/mol. The van der Waals surface area contributed by atoms with Crippen molar-refractivity contribution < 1.29 is 8.42 Å². The molecule has 0 spiro atoms. The zero-order valence-electron chi connectivity index (χ0n) is 12.4. The molecule has 1 aliphatic carbocycles. The number of nitrogens with one attached hydrogen (secondary N) is 2. The minimum absolute atomic E-state index is 0.279. The first kappa shape index (κ1) is 15.5. The molecule has 0 atom stereocenters. The summed E-state index contributed by atoms with van der Waals surface area (Å²) in [5, 5.41) is 6.64. The molecule has 1 aromatic heterocycles. The molecule has 7 heteroatoms. The van der Waals surface area contributed by atoms with E-state index in [4.69, 9.17) is 0 Å². The van der Waals surface area contributed by atoms with E-state index in [1.165, 1.54) is 25.7 Å². The standard InChI is InChI=1S/C13H24N4O2S/c1-10-13(11(2)16-15-10)20(18,19)14-8-9-17(3)12-6-4-5-7-12/h12,14H,4-9H2,1-3H3,(H,15,16). The van der Waals surface area contributed by atoms with Crippen molar-refractivity contribution in [3.05, 3.63) is 11.4 Å². The summed E-state index contributed by atoms with van der Waals surface area (Å²) in [6.07, 6.45) is 5.02. The maximum Gasteiger partial charge on any atom is 0.244 e. The minimum atomic E-state index is -3.47. The molecule has 0 unspecified atom stereocenters. The molecule has 114 valence electrons. The highest BCUT2D eigenvalue weighted by Crippen LogP contribution is 2.22. The topological polar surface area (TPSA) is 78.1 Å². The molecule has 0 saturated heterocycles. The summed E-state index contributed by atoms with van der Waals surface area (Å²) >= 11 is 0. The monoisotopic (exact) mass is 300 g/mol. The fraction of sp³-hybridized carbons (Fsp3) is 0.769. The van der Waals surface area contributed by atoms with Gasteiger partial charge in [0.1, 0.15) is 4.90 Å². The Morgan fingerprint density at radius 1 is 1.35 bits per heavy atom. The van der Waals surface area contributed by atoms with Crippen molar-refractivity contribution >= 4 is 10.0 Å². The van der Waals surface area contributed by atoms with Gasteiger partial charge in [-0.25, -0.2) is 13.1 Å². The van der Waals surface area contributed by atoms with Crippen molar-refractivity contribution in [2.45, 2.75) is 50.5 Å². The maximum atomic E-state index is 12.2. The van der Waals surface area contributed by atoms with Gasteiger partial charge in [0.15, 0.2) is 0 Å².